The molecule has 1 aromatic heterocycles. The molecular formula is C36H43FN4O8. The predicted octanol–water partition coefficient (Wildman–Crippen LogP) is 4.97. The third-order valence-corrected chi connectivity index (χ3v) is 8.29. The third kappa shape index (κ3) is 11.1. The maximum Gasteiger partial charge on any atom is 0.411 e. The van der Waals surface area contributed by atoms with Crippen LogP contribution in [0.5, 0.6) is 0 Å². The maximum atomic E-state index is 13.7. The van der Waals surface area contributed by atoms with Gasteiger partial charge in [0.15, 0.2) is 5.69 Å². The summed E-state index contributed by atoms with van der Waals surface area (Å²) in [5, 5.41) is 5.72. The summed E-state index contributed by atoms with van der Waals surface area (Å²) in [6, 6.07) is 4.29. The Hall–Kier alpha value is -4.91. The molecule has 49 heavy (non-hydrogen) atoms. The van der Waals surface area contributed by atoms with Crippen LogP contribution in [0.25, 0.3) is 0 Å². The summed E-state index contributed by atoms with van der Waals surface area (Å²) in [6.07, 6.45) is 9.47. The van der Waals surface area contributed by atoms with Gasteiger partial charge in [-0.2, -0.15) is 0 Å². The van der Waals surface area contributed by atoms with Gasteiger partial charge in [-0.15, -0.1) is 0 Å². The number of allylic oxidation sites excluding steroid dienone is 3. The van der Waals surface area contributed by atoms with Crippen molar-refractivity contribution in [2.24, 2.45) is 11.8 Å². The summed E-state index contributed by atoms with van der Waals surface area (Å²) in [4.78, 5) is 69.9. The fourth-order valence-corrected chi connectivity index (χ4v) is 5.74. The van der Waals surface area contributed by atoms with Crippen molar-refractivity contribution in [2.45, 2.75) is 65.0 Å². The number of oxazole rings is 1. The van der Waals surface area contributed by atoms with Crippen molar-refractivity contribution in [2.75, 3.05) is 31.6 Å². The molecule has 13 heteroatoms. The summed E-state index contributed by atoms with van der Waals surface area (Å²) in [6.45, 7) is 6.35. The van der Waals surface area contributed by atoms with E-state index in [2.05, 4.69) is 15.6 Å². The van der Waals surface area contributed by atoms with Crippen LogP contribution in [-0.2, 0) is 30.3 Å². The number of halogens is 1. The number of hydrogen-bond acceptors (Lipinski definition) is 10. The van der Waals surface area contributed by atoms with Gasteiger partial charge in [0.05, 0.1) is 13.0 Å². The van der Waals surface area contributed by atoms with Gasteiger partial charge in [-0.05, 0) is 50.5 Å². The van der Waals surface area contributed by atoms with Crippen molar-refractivity contribution < 1.29 is 42.3 Å². The summed E-state index contributed by atoms with van der Waals surface area (Å²) in [5.74, 6) is -2.60. The summed E-state index contributed by atoms with van der Waals surface area (Å²) < 4.78 is 30.2. The number of Topliss-reactive ketones (excluding diaryl/α,β-unsaturated/α-hetero) is 1. The van der Waals surface area contributed by atoms with Crippen LogP contribution in [0, 0.1) is 17.7 Å². The Morgan fingerprint density at radius 3 is 2.78 bits per heavy atom. The Morgan fingerprint density at radius 2 is 2.02 bits per heavy atom. The lowest BCUT2D eigenvalue weighted by molar-refractivity contribution is -0.159. The van der Waals surface area contributed by atoms with Gasteiger partial charge in [-0.1, -0.05) is 43.7 Å². The zero-order valence-corrected chi connectivity index (χ0v) is 28.0. The number of nitrogens with one attached hydrogen (secondary N) is 2. The van der Waals surface area contributed by atoms with E-state index in [-0.39, 0.29) is 43.4 Å². The molecule has 4 atom stereocenters. The third-order valence-electron chi connectivity index (χ3n) is 8.29. The second-order valence-electron chi connectivity index (χ2n) is 12.3. The van der Waals surface area contributed by atoms with Crippen LogP contribution in [-0.4, -0.2) is 78.3 Å². The van der Waals surface area contributed by atoms with Crippen molar-refractivity contribution >= 4 is 35.7 Å². The molecule has 2 aromatic rings. The number of rotatable bonds is 5. The molecule has 0 spiro atoms. The van der Waals surface area contributed by atoms with E-state index in [4.69, 9.17) is 13.9 Å². The number of aldehydes is 1. The van der Waals surface area contributed by atoms with Gasteiger partial charge >= 0.3 is 12.1 Å². The molecule has 2 aliphatic rings. The fraction of sp³-hybridized carbons (Fsp3) is 0.444. The molecule has 2 amide bonds. The summed E-state index contributed by atoms with van der Waals surface area (Å²) >= 11 is 0. The number of ketones is 1. The first kappa shape index (κ1) is 36.9. The van der Waals surface area contributed by atoms with Crippen molar-refractivity contribution in [1.82, 2.24) is 15.2 Å². The van der Waals surface area contributed by atoms with Gasteiger partial charge in [-0.3, -0.25) is 19.7 Å². The molecule has 2 aliphatic heterocycles. The number of carbonyl (C=O) groups excluding carboxylic acids is 5. The average Bonchev–Trinajstić information content (AvgIpc) is 3.76. The Balaban J connectivity index is 1.55. The Labute approximate surface area is 284 Å². The van der Waals surface area contributed by atoms with Crippen LogP contribution in [0.15, 0.2) is 70.4 Å². The van der Waals surface area contributed by atoms with E-state index in [1.54, 1.807) is 19.9 Å². The van der Waals surface area contributed by atoms with E-state index in [1.807, 2.05) is 25.2 Å². The van der Waals surface area contributed by atoms with Crippen molar-refractivity contribution in [3.63, 3.8) is 0 Å². The lowest BCUT2D eigenvalue weighted by Gasteiger charge is -2.31. The standard InChI is InChI=1S/C36H43FN4O8/c1-23-7-4-9-29(43)18-32-40-30(22-47-32)34(44)41-16-6-10-31(41)35(45)49-33(24(2)17-26(20-42)19-38-15-5-8-23)25(3)21-48-36(46)39-28-13-11-27(37)12-14-28/h5,7-8,11-14,17,20,22,24-25,31,33,38H,4,6,9-10,15-16,18-19,21H2,1-3H3,(H,39,46)/b8-5?,23-7?,26-17-/t24-,25-,31-,33+/m1/s1. The number of anilines is 1. The van der Waals surface area contributed by atoms with Crippen molar-refractivity contribution in [3.05, 3.63) is 83.4 Å². The number of fused-ring (bicyclic) bond motifs is 3. The number of aromatic nitrogens is 1. The highest BCUT2D eigenvalue weighted by atomic mass is 19.1. The number of hydrogen-bond donors (Lipinski definition) is 2. The minimum atomic E-state index is -0.904. The second-order valence-corrected chi connectivity index (χ2v) is 12.3. The lowest BCUT2D eigenvalue weighted by Crippen LogP contribution is -2.44. The normalized spacial score (nSPS) is 23.4. The first-order valence-corrected chi connectivity index (χ1v) is 16.4. The molecule has 2 N–H and O–H groups in total. The number of benzene rings is 1. The Morgan fingerprint density at radius 1 is 1.24 bits per heavy atom. The largest absolute Gasteiger partial charge is 0.460 e. The molecule has 12 nitrogen and oxygen atoms in total. The van der Waals surface area contributed by atoms with E-state index < -0.39 is 47.8 Å². The zero-order valence-electron chi connectivity index (χ0n) is 28.0. The highest BCUT2D eigenvalue weighted by Crippen LogP contribution is 2.26. The average molecular weight is 679 g/mol. The molecular weight excluding hydrogens is 635 g/mol. The molecule has 1 saturated heterocycles. The molecule has 0 saturated carbocycles. The first-order valence-electron chi connectivity index (χ1n) is 16.4. The van der Waals surface area contributed by atoms with Gasteiger partial charge in [0, 0.05) is 49.2 Å². The minimum absolute atomic E-state index is 0.00770. The SMILES string of the molecule is CC1=CCCC(=O)Cc2nc(co2)C(=O)N2CCC[C@@H]2C(=O)O[C@H]([C@H](C)COC(=O)Nc2ccc(F)cc2)[C@H](C)/C=C(\C=O)CNCC=C1. The summed E-state index contributed by atoms with van der Waals surface area (Å²) in [7, 11) is 0. The van der Waals surface area contributed by atoms with Crippen LogP contribution in [0.4, 0.5) is 14.9 Å². The van der Waals surface area contributed by atoms with Gasteiger partial charge in [-0.25, -0.2) is 19.0 Å². The van der Waals surface area contributed by atoms with Crippen molar-refractivity contribution in [3.8, 4) is 0 Å². The number of carbonyl (C=O) groups is 5. The predicted molar refractivity (Wildman–Crippen MR) is 178 cm³/mol. The van der Waals surface area contributed by atoms with Crippen LogP contribution >= 0.6 is 0 Å². The van der Waals surface area contributed by atoms with Crippen molar-refractivity contribution in [1.29, 1.82) is 0 Å². The van der Waals surface area contributed by atoms with Crippen LogP contribution in [0.1, 0.15) is 62.8 Å². The number of esters is 1. The molecule has 4 rings (SSSR count). The summed E-state index contributed by atoms with van der Waals surface area (Å²) in [5.41, 5.74) is 1.75. The van der Waals surface area contributed by atoms with E-state index in [1.165, 1.54) is 35.4 Å². The topological polar surface area (TPSA) is 157 Å². The molecule has 262 valence electrons. The molecule has 1 aromatic carbocycles. The monoisotopic (exact) mass is 678 g/mol. The van der Waals surface area contributed by atoms with E-state index in [0.717, 1.165) is 11.9 Å². The van der Waals surface area contributed by atoms with E-state index >= 15 is 0 Å². The molecule has 0 radical (unpaired) electrons. The minimum Gasteiger partial charge on any atom is -0.460 e. The van der Waals surface area contributed by atoms with Gasteiger partial charge in [0.25, 0.3) is 5.91 Å². The van der Waals surface area contributed by atoms with Gasteiger partial charge in [0.1, 0.15) is 36.3 Å². The number of nitrogens with zero attached hydrogens (tertiary/aromatic N) is 2. The lowest BCUT2D eigenvalue weighted by atomic mass is 9.91. The molecule has 1 fully saturated rings. The number of cyclic esters (lactones) is 1. The highest BCUT2D eigenvalue weighted by Gasteiger charge is 2.39. The van der Waals surface area contributed by atoms with Crippen LogP contribution in [0.2, 0.25) is 0 Å². The molecule has 0 unspecified atom stereocenters. The second kappa shape index (κ2) is 18.0. The van der Waals surface area contributed by atoms with E-state index in [0.29, 0.717) is 43.6 Å². The Bertz CT molecular complexity index is 1580. The van der Waals surface area contributed by atoms with Crippen LogP contribution in [0.3, 0.4) is 0 Å². The Kier molecular flexibility index (Phi) is 13.6. The highest BCUT2D eigenvalue weighted by molar-refractivity contribution is 5.95. The molecule has 3 heterocycles. The number of amides is 2. The smallest absolute Gasteiger partial charge is 0.411 e. The zero-order chi connectivity index (χ0) is 35.3. The maximum absolute atomic E-state index is 13.7. The molecule has 2 bridgehead atoms. The molecule has 0 aliphatic carbocycles. The number of ether oxygens (including phenoxy) is 2. The first-order chi connectivity index (χ1) is 23.5. The van der Waals surface area contributed by atoms with Crippen LogP contribution < -0.4 is 10.6 Å². The van der Waals surface area contributed by atoms with E-state index in [9.17, 15) is 28.4 Å². The quantitative estimate of drug-likeness (QED) is 0.327. The van der Waals surface area contributed by atoms with Gasteiger partial charge in [0.2, 0.25) is 5.89 Å². The van der Waals surface area contributed by atoms with Gasteiger partial charge < -0.3 is 24.1 Å². The fourth-order valence-electron chi connectivity index (χ4n) is 5.74.